The third kappa shape index (κ3) is 3.62. The summed E-state index contributed by atoms with van der Waals surface area (Å²) in [7, 11) is 3.17. The van der Waals surface area contributed by atoms with Gasteiger partial charge >= 0.3 is 0 Å². The van der Waals surface area contributed by atoms with Gasteiger partial charge in [-0.3, -0.25) is 0 Å². The molecule has 0 aliphatic heterocycles. The highest BCUT2D eigenvalue weighted by Crippen LogP contribution is 2.30. The molecular weight excluding hydrogens is 230 g/mol. The topological polar surface area (TPSA) is 64.7 Å². The molecule has 0 aliphatic carbocycles. The fourth-order valence-corrected chi connectivity index (χ4v) is 1.91. The van der Waals surface area contributed by atoms with Crippen molar-refractivity contribution in [2.75, 3.05) is 14.2 Å². The van der Waals surface area contributed by atoms with E-state index in [2.05, 4.69) is 13.8 Å². The Bertz CT molecular complexity index is 379. The molecule has 0 bridgehead atoms. The molecule has 0 spiro atoms. The fourth-order valence-electron chi connectivity index (χ4n) is 1.91. The van der Waals surface area contributed by atoms with Crippen LogP contribution < -0.4 is 15.2 Å². The molecule has 4 nitrogen and oxygen atoms in total. The minimum absolute atomic E-state index is 0.409. The highest BCUT2D eigenvalue weighted by atomic mass is 16.5. The molecule has 0 amide bonds. The summed E-state index contributed by atoms with van der Waals surface area (Å²) in [4.78, 5) is 0. The van der Waals surface area contributed by atoms with Crippen molar-refractivity contribution >= 4 is 0 Å². The Morgan fingerprint density at radius 1 is 1.17 bits per heavy atom. The molecule has 0 heterocycles. The SMILES string of the molecule is COc1ccc([C@H](N)[C@H](O)CC(C)C)cc1OC. The van der Waals surface area contributed by atoms with Gasteiger partial charge in [0.15, 0.2) is 11.5 Å². The summed E-state index contributed by atoms with van der Waals surface area (Å²) in [6, 6.07) is 5.06. The highest BCUT2D eigenvalue weighted by molar-refractivity contribution is 5.43. The smallest absolute Gasteiger partial charge is 0.161 e. The average molecular weight is 253 g/mol. The summed E-state index contributed by atoms with van der Waals surface area (Å²) in [5.74, 6) is 1.69. The van der Waals surface area contributed by atoms with Crippen LogP contribution in [0.1, 0.15) is 31.9 Å². The van der Waals surface area contributed by atoms with Crippen LogP contribution in [0, 0.1) is 5.92 Å². The Hall–Kier alpha value is -1.26. The van der Waals surface area contributed by atoms with Gasteiger partial charge in [0, 0.05) is 0 Å². The molecule has 0 fully saturated rings. The Morgan fingerprint density at radius 3 is 2.28 bits per heavy atom. The van der Waals surface area contributed by atoms with Crippen LogP contribution in [0.3, 0.4) is 0 Å². The molecule has 0 aromatic heterocycles. The van der Waals surface area contributed by atoms with E-state index in [-0.39, 0.29) is 0 Å². The Kier molecular flexibility index (Phi) is 5.44. The van der Waals surface area contributed by atoms with E-state index in [1.54, 1.807) is 20.3 Å². The average Bonchev–Trinajstić information content (AvgIpc) is 2.36. The Morgan fingerprint density at radius 2 is 1.78 bits per heavy atom. The third-order valence-electron chi connectivity index (χ3n) is 2.92. The molecule has 0 aliphatic rings. The zero-order chi connectivity index (χ0) is 13.7. The number of benzene rings is 1. The molecule has 0 saturated carbocycles. The van der Waals surface area contributed by atoms with Gasteiger partial charge in [-0.2, -0.15) is 0 Å². The van der Waals surface area contributed by atoms with Gasteiger partial charge in [0.1, 0.15) is 0 Å². The summed E-state index contributed by atoms with van der Waals surface area (Å²) < 4.78 is 10.4. The minimum atomic E-state index is -0.553. The van der Waals surface area contributed by atoms with Crippen LogP contribution in [0.2, 0.25) is 0 Å². The van der Waals surface area contributed by atoms with Gasteiger partial charge in [-0.15, -0.1) is 0 Å². The van der Waals surface area contributed by atoms with Gasteiger partial charge in [0.05, 0.1) is 26.4 Å². The minimum Gasteiger partial charge on any atom is -0.493 e. The van der Waals surface area contributed by atoms with Crippen molar-refractivity contribution in [2.45, 2.75) is 32.4 Å². The maximum atomic E-state index is 10.0. The normalized spacial score (nSPS) is 14.4. The second-order valence-electron chi connectivity index (χ2n) is 4.84. The number of methoxy groups -OCH3 is 2. The maximum Gasteiger partial charge on any atom is 0.161 e. The predicted molar refractivity (Wildman–Crippen MR) is 71.9 cm³/mol. The molecule has 0 saturated heterocycles. The van der Waals surface area contributed by atoms with E-state index >= 15 is 0 Å². The first-order chi connectivity index (χ1) is 8.49. The van der Waals surface area contributed by atoms with Crippen LogP contribution in [0.25, 0.3) is 0 Å². The van der Waals surface area contributed by atoms with Crippen LogP contribution in [-0.4, -0.2) is 25.4 Å². The second-order valence-corrected chi connectivity index (χ2v) is 4.84. The summed E-state index contributed by atoms with van der Waals surface area (Å²) in [5, 5.41) is 10.0. The van der Waals surface area contributed by atoms with Crippen molar-refractivity contribution in [2.24, 2.45) is 11.7 Å². The van der Waals surface area contributed by atoms with E-state index in [1.165, 1.54) is 0 Å². The summed E-state index contributed by atoms with van der Waals surface area (Å²) in [5.41, 5.74) is 6.90. The lowest BCUT2D eigenvalue weighted by atomic mass is 9.95. The van der Waals surface area contributed by atoms with Crippen LogP contribution >= 0.6 is 0 Å². The third-order valence-corrected chi connectivity index (χ3v) is 2.92. The van der Waals surface area contributed by atoms with Crippen molar-refractivity contribution in [1.82, 2.24) is 0 Å². The lowest BCUT2D eigenvalue weighted by molar-refractivity contribution is 0.121. The van der Waals surface area contributed by atoms with E-state index < -0.39 is 12.1 Å². The zero-order valence-corrected chi connectivity index (χ0v) is 11.5. The molecular formula is C14H23NO3. The summed E-state index contributed by atoms with van der Waals surface area (Å²) in [6.07, 6.45) is 0.123. The number of aliphatic hydroxyl groups is 1. The van der Waals surface area contributed by atoms with Crippen LogP contribution in [-0.2, 0) is 0 Å². The molecule has 1 aromatic carbocycles. The van der Waals surface area contributed by atoms with Gasteiger partial charge < -0.3 is 20.3 Å². The van der Waals surface area contributed by atoms with E-state index in [0.29, 0.717) is 23.8 Å². The molecule has 0 unspecified atom stereocenters. The van der Waals surface area contributed by atoms with Crippen molar-refractivity contribution in [3.8, 4) is 11.5 Å². The highest BCUT2D eigenvalue weighted by Gasteiger charge is 2.19. The molecule has 2 atom stereocenters. The van der Waals surface area contributed by atoms with Gasteiger partial charge in [0.25, 0.3) is 0 Å². The quantitative estimate of drug-likeness (QED) is 0.815. The molecule has 18 heavy (non-hydrogen) atoms. The lowest BCUT2D eigenvalue weighted by Gasteiger charge is -2.21. The van der Waals surface area contributed by atoms with Crippen molar-refractivity contribution in [3.05, 3.63) is 23.8 Å². The monoisotopic (exact) mass is 253 g/mol. The Balaban J connectivity index is 2.89. The number of rotatable bonds is 6. The number of nitrogens with two attached hydrogens (primary N) is 1. The molecule has 4 heteroatoms. The lowest BCUT2D eigenvalue weighted by Crippen LogP contribution is -2.27. The zero-order valence-electron chi connectivity index (χ0n) is 11.5. The molecule has 1 aromatic rings. The number of ether oxygens (including phenoxy) is 2. The van der Waals surface area contributed by atoms with Crippen molar-refractivity contribution < 1.29 is 14.6 Å². The van der Waals surface area contributed by atoms with Gasteiger partial charge in [-0.1, -0.05) is 19.9 Å². The maximum absolute atomic E-state index is 10.0. The number of aliphatic hydroxyl groups excluding tert-OH is 1. The first-order valence-corrected chi connectivity index (χ1v) is 6.15. The first kappa shape index (κ1) is 14.8. The summed E-state index contributed by atoms with van der Waals surface area (Å²) in [6.45, 7) is 4.12. The predicted octanol–water partition coefficient (Wildman–Crippen LogP) is 2.11. The van der Waals surface area contributed by atoms with Gasteiger partial charge in [-0.05, 0) is 30.0 Å². The van der Waals surface area contributed by atoms with Crippen molar-refractivity contribution in [3.63, 3.8) is 0 Å². The largest absolute Gasteiger partial charge is 0.493 e. The number of hydrogen-bond donors (Lipinski definition) is 2. The number of hydrogen-bond acceptors (Lipinski definition) is 4. The van der Waals surface area contributed by atoms with Gasteiger partial charge in [-0.25, -0.2) is 0 Å². The molecule has 0 radical (unpaired) electrons. The fraction of sp³-hybridized carbons (Fsp3) is 0.571. The molecule has 102 valence electrons. The van der Waals surface area contributed by atoms with Crippen LogP contribution in [0.5, 0.6) is 11.5 Å². The molecule has 3 N–H and O–H groups in total. The van der Waals surface area contributed by atoms with E-state index in [9.17, 15) is 5.11 Å². The van der Waals surface area contributed by atoms with E-state index in [1.807, 2.05) is 12.1 Å². The van der Waals surface area contributed by atoms with E-state index in [0.717, 1.165) is 5.56 Å². The van der Waals surface area contributed by atoms with Crippen molar-refractivity contribution in [1.29, 1.82) is 0 Å². The standard InChI is InChI=1S/C14H23NO3/c1-9(2)7-11(16)14(15)10-5-6-12(17-3)13(8-10)18-4/h5-6,8-9,11,14,16H,7,15H2,1-4H3/t11-,14+/m1/s1. The first-order valence-electron chi connectivity index (χ1n) is 6.15. The molecule has 1 rings (SSSR count). The van der Waals surface area contributed by atoms with Crippen LogP contribution in [0.15, 0.2) is 18.2 Å². The second kappa shape index (κ2) is 6.61. The summed E-state index contributed by atoms with van der Waals surface area (Å²) >= 11 is 0. The van der Waals surface area contributed by atoms with Gasteiger partial charge in [0.2, 0.25) is 0 Å². The van der Waals surface area contributed by atoms with Crippen LogP contribution in [0.4, 0.5) is 0 Å². The Labute approximate surface area is 109 Å². The van der Waals surface area contributed by atoms with E-state index in [4.69, 9.17) is 15.2 Å².